The number of unbranched alkanes of at least 4 members (excludes halogenated alkanes) is 13. The maximum Gasteiger partial charge on any atom is 0.469 e. The van der Waals surface area contributed by atoms with E-state index in [1.807, 2.05) is 0 Å². The first-order valence-corrected chi connectivity index (χ1v) is 15.8. The van der Waals surface area contributed by atoms with E-state index in [9.17, 15) is 14.2 Å². The van der Waals surface area contributed by atoms with Crippen molar-refractivity contribution in [1.82, 2.24) is 0 Å². The van der Waals surface area contributed by atoms with Crippen LogP contribution in [-0.4, -0.2) is 82.7 Å². The van der Waals surface area contributed by atoms with Gasteiger partial charge in [-0.05, 0) is 25.7 Å². The number of aliphatic hydroxyl groups is 1. The smallest absolute Gasteiger partial charge is 0.469 e. The normalized spacial score (nSPS) is 12.1. The summed E-state index contributed by atoms with van der Waals surface area (Å²) in [5.74, 6) is -1.57. The number of aliphatic hydroxyl groups excluding tert-OH is 1. The fourth-order valence-electron chi connectivity index (χ4n) is 3.59. The molecule has 0 saturated carbocycles. The molecular formula is C26H54NO11P. The molecule has 0 aromatic heterocycles. The molecule has 0 rings (SSSR count). The highest BCUT2D eigenvalue weighted by atomic mass is 31.2. The fourth-order valence-corrected chi connectivity index (χ4v) is 3.95. The average Bonchev–Trinajstić information content (AvgIpc) is 2.87. The van der Waals surface area contributed by atoms with Crippen molar-refractivity contribution in [3.05, 3.63) is 0 Å². The summed E-state index contributed by atoms with van der Waals surface area (Å²) in [7, 11) is -4.59. The Hall–Kier alpha value is -1.11. The second-order valence-electron chi connectivity index (χ2n) is 9.46. The van der Waals surface area contributed by atoms with E-state index < -0.39 is 25.9 Å². The van der Waals surface area contributed by atoms with Gasteiger partial charge in [0, 0.05) is 32.6 Å². The predicted molar refractivity (Wildman–Crippen MR) is 148 cm³/mol. The van der Waals surface area contributed by atoms with Crippen molar-refractivity contribution >= 4 is 19.8 Å². The summed E-state index contributed by atoms with van der Waals surface area (Å²) in [5.41, 5.74) is 4.78. The molecule has 0 spiro atoms. The van der Waals surface area contributed by atoms with E-state index in [2.05, 4.69) is 4.52 Å². The van der Waals surface area contributed by atoms with Gasteiger partial charge >= 0.3 is 19.8 Å². The molecule has 0 heterocycles. The Bertz CT molecular complexity index is 602. The number of nitrogens with two attached hydrogens (primary N) is 1. The number of hydrogen-bond donors (Lipinski definition) is 6. The van der Waals surface area contributed by atoms with E-state index in [0.717, 1.165) is 38.5 Å². The Morgan fingerprint density at radius 1 is 0.667 bits per heavy atom. The van der Waals surface area contributed by atoms with Gasteiger partial charge in [-0.15, -0.1) is 0 Å². The number of aliphatic carboxylic acids is 2. The van der Waals surface area contributed by atoms with E-state index in [1.54, 1.807) is 0 Å². The fraction of sp³-hybridized carbons (Fsp3) is 0.923. The van der Waals surface area contributed by atoms with Crippen LogP contribution in [0.15, 0.2) is 0 Å². The number of phosphoric acid groups is 1. The Morgan fingerprint density at radius 2 is 1.05 bits per heavy atom. The lowest BCUT2D eigenvalue weighted by Gasteiger charge is -2.18. The third-order valence-corrected chi connectivity index (χ3v) is 6.16. The number of carboxylic acid groups (broad SMARTS) is 2. The molecule has 0 aliphatic carbocycles. The molecule has 1 atom stereocenters. The number of rotatable bonds is 28. The SMILES string of the molecule is NCCO.O=C(O)CCCCCCCCCCCCCCCOCC(COP(=O)(O)O)OCCCCC(=O)O. The Labute approximate surface area is 233 Å². The molecule has 0 aliphatic rings. The molecular weight excluding hydrogens is 533 g/mol. The molecule has 0 aromatic carbocycles. The second-order valence-corrected chi connectivity index (χ2v) is 10.7. The molecule has 0 aliphatic heterocycles. The minimum absolute atomic E-state index is 0.0566. The predicted octanol–water partition coefficient (Wildman–Crippen LogP) is 4.24. The van der Waals surface area contributed by atoms with Gasteiger partial charge in [0.15, 0.2) is 0 Å². The van der Waals surface area contributed by atoms with Crippen molar-refractivity contribution in [2.75, 3.05) is 39.6 Å². The highest BCUT2D eigenvalue weighted by Crippen LogP contribution is 2.35. The van der Waals surface area contributed by atoms with E-state index >= 15 is 0 Å². The molecule has 0 bridgehead atoms. The summed E-state index contributed by atoms with van der Waals surface area (Å²) in [6.07, 6.45) is 15.4. The van der Waals surface area contributed by atoms with Gasteiger partial charge in [-0.3, -0.25) is 14.1 Å². The third-order valence-electron chi connectivity index (χ3n) is 5.68. The lowest BCUT2D eigenvalue weighted by molar-refractivity contribution is -0.138. The Morgan fingerprint density at radius 3 is 1.46 bits per heavy atom. The first-order chi connectivity index (χ1) is 18.6. The van der Waals surface area contributed by atoms with Crippen LogP contribution in [0.25, 0.3) is 0 Å². The van der Waals surface area contributed by atoms with Gasteiger partial charge in [-0.1, -0.05) is 70.6 Å². The highest BCUT2D eigenvalue weighted by Gasteiger charge is 2.19. The Kier molecular flexibility index (Phi) is 30.7. The lowest BCUT2D eigenvalue weighted by atomic mass is 10.0. The number of hydrogen-bond acceptors (Lipinski definition) is 8. The summed E-state index contributed by atoms with van der Waals surface area (Å²) in [5, 5.41) is 25.0. The van der Waals surface area contributed by atoms with Crippen LogP contribution in [0.1, 0.15) is 109 Å². The zero-order valence-electron chi connectivity index (χ0n) is 23.6. The van der Waals surface area contributed by atoms with Gasteiger partial charge < -0.3 is 40.3 Å². The van der Waals surface area contributed by atoms with Crippen molar-refractivity contribution < 1.29 is 53.3 Å². The van der Waals surface area contributed by atoms with E-state index in [1.165, 1.54) is 44.9 Å². The maximum atomic E-state index is 10.9. The molecule has 0 saturated heterocycles. The zero-order chi connectivity index (χ0) is 29.6. The monoisotopic (exact) mass is 587 g/mol. The maximum absolute atomic E-state index is 10.9. The van der Waals surface area contributed by atoms with Crippen LogP contribution in [-0.2, 0) is 28.2 Å². The molecule has 0 fully saturated rings. The van der Waals surface area contributed by atoms with Gasteiger partial charge in [0.25, 0.3) is 0 Å². The molecule has 12 nitrogen and oxygen atoms in total. The van der Waals surface area contributed by atoms with Gasteiger partial charge in [0.2, 0.25) is 0 Å². The van der Waals surface area contributed by atoms with Crippen molar-refractivity contribution in [3.8, 4) is 0 Å². The van der Waals surface area contributed by atoms with Crippen LogP contribution in [0, 0.1) is 0 Å². The highest BCUT2D eigenvalue weighted by molar-refractivity contribution is 7.46. The topological polar surface area (TPSA) is 206 Å². The number of carboxylic acids is 2. The first-order valence-electron chi connectivity index (χ1n) is 14.3. The van der Waals surface area contributed by atoms with Crippen LogP contribution in [0.5, 0.6) is 0 Å². The van der Waals surface area contributed by atoms with Crippen molar-refractivity contribution in [2.45, 2.75) is 115 Å². The van der Waals surface area contributed by atoms with Crippen LogP contribution < -0.4 is 5.73 Å². The van der Waals surface area contributed by atoms with Crippen LogP contribution in [0.3, 0.4) is 0 Å². The summed E-state index contributed by atoms with van der Waals surface area (Å²) < 4.78 is 26.6. The molecule has 1 unspecified atom stereocenters. The van der Waals surface area contributed by atoms with Gasteiger partial charge in [-0.2, -0.15) is 0 Å². The molecule has 234 valence electrons. The number of ether oxygens (including phenoxy) is 2. The number of phosphoric ester groups is 1. The second kappa shape index (κ2) is 29.9. The van der Waals surface area contributed by atoms with E-state index in [-0.39, 0.29) is 39.3 Å². The van der Waals surface area contributed by atoms with E-state index in [0.29, 0.717) is 26.0 Å². The summed E-state index contributed by atoms with van der Waals surface area (Å²) in [6, 6.07) is 0. The minimum atomic E-state index is -4.59. The average molecular weight is 588 g/mol. The number of carbonyl (C=O) groups is 2. The quantitative estimate of drug-likeness (QED) is 0.0561. The van der Waals surface area contributed by atoms with Crippen molar-refractivity contribution in [1.29, 1.82) is 0 Å². The van der Waals surface area contributed by atoms with Gasteiger partial charge in [0.1, 0.15) is 6.10 Å². The summed E-state index contributed by atoms with van der Waals surface area (Å²) in [4.78, 5) is 38.7. The largest absolute Gasteiger partial charge is 0.481 e. The molecule has 39 heavy (non-hydrogen) atoms. The molecule has 0 radical (unpaired) electrons. The zero-order valence-corrected chi connectivity index (χ0v) is 24.4. The minimum Gasteiger partial charge on any atom is -0.481 e. The molecule has 0 amide bonds. The van der Waals surface area contributed by atoms with Crippen LogP contribution in [0.2, 0.25) is 0 Å². The Balaban J connectivity index is 0. The standard InChI is InChI=1S/C24H47O10P.C2H7NO/c25-23(26)16-12-10-8-6-4-2-1-3-5-7-9-11-14-18-32-20-22(21-34-35(29,30)31)33-19-15-13-17-24(27)28;3-1-2-4/h22H,1-21H2,(H,25,26)(H,27,28)(H2,29,30,31);4H,1-3H2. The summed E-state index contributed by atoms with van der Waals surface area (Å²) in [6.45, 7) is 1.17. The first kappa shape index (κ1) is 40.0. The summed E-state index contributed by atoms with van der Waals surface area (Å²) >= 11 is 0. The molecule has 7 N–H and O–H groups in total. The van der Waals surface area contributed by atoms with Crippen LogP contribution >= 0.6 is 7.82 Å². The van der Waals surface area contributed by atoms with E-state index in [4.69, 9.17) is 40.3 Å². The molecule has 13 heteroatoms. The van der Waals surface area contributed by atoms with Gasteiger partial charge in [0.05, 0.1) is 19.8 Å². The van der Waals surface area contributed by atoms with Crippen LogP contribution in [0.4, 0.5) is 0 Å². The van der Waals surface area contributed by atoms with Gasteiger partial charge in [-0.25, -0.2) is 4.57 Å². The lowest BCUT2D eigenvalue weighted by Crippen LogP contribution is -2.26. The van der Waals surface area contributed by atoms with Crippen molar-refractivity contribution in [2.24, 2.45) is 5.73 Å². The molecule has 0 aromatic rings. The third kappa shape index (κ3) is 39.1. The van der Waals surface area contributed by atoms with Crippen molar-refractivity contribution in [3.63, 3.8) is 0 Å².